The van der Waals surface area contributed by atoms with Crippen molar-refractivity contribution in [2.24, 2.45) is 0 Å². The van der Waals surface area contributed by atoms with Crippen LogP contribution in [0.25, 0.3) is 11.0 Å². The summed E-state index contributed by atoms with van der Waals surface area (Å²) in [4.78, 5) is 20.1. The molecule has 5 nitrogen and oxygen atoms in total. The highest BCUT2D eigenvalue weighted by molar-refractivity contribution is 6.30. The molecule has 6 heteroatoms. The zero-order valence-electron chi connectivity index (χ0n) is 13.6. The Hall–Kier alpha value is -2.37. The molecular formula is C19H18ClN3O2. The molecule has 0 aliphatic carbocycles. The van der Waals surface area contributed by atoms with Crippen LogP contribution < -0.4 is 5.32 Å². The van der Waals surface area contributed by atoms with Crippen molar-refractivity contribution in [3.63, 3.8) is 0 Å². The average molecular weight is 356 g/mol. The van der Waals surface area contributed by atoms with Crippen LogP contribution in [0.2, 0.25) is 5.02 Å². The molecule has 4 rings (SSSR count). The largest absolute Gasteiger partial charge is 0.370 e. The van der Waals surface area contributed by atoms with Gasteiger partial charge in [-0.1, -0.05) is 23.7 Å². The van der Waals surface area contributed by atoms with Gasteiger partial charge in [-0.2, -0.15) is 0 Å². The maximum absolute atomic E-state index is 12.2. The number of carbonyl (C=O) groups is 1. The van der Waals surface area contributed by atoms with Crippen LogP contribution in [0.1, 0.15) is 30.3 Å². The van der Waals surface area contributed by atoms with Crippen molar-refractivity contribution in [2.75, 3.05) is 11.9 Å². The van der Waals surface area contributed by atoms with Crippen molar-refractivity contribution in [1.82, 2.24) is 9.97 Å². The molecule has 3 aromatic rings. The minimum atomic E-state index is -0.0689. The van der Waals surface area contributed by atoms with Gasteiger partial charge in [-0.05, 0) is 48.7 Å². The van der Waals surface area contributed by atoms with Crippen molar-refractivity contribution in [3.8, 4) is 0 Å². The van der Waals surface area contributed by atoms with Crippen molar-refractivity contribution >= 4 is 34.2 Å². The Labute approximate surface area is 150 Å². The third-order valence-corrected chi connectivity index (χ3v) is 4.55. The number of aromatic amines is 1. The maximum Gasteiger partial charge on any atom is 0.228 e. The summed E-state index contributed by atoms with van der Waals surface area (Å²) < 4.78 is 5.67. The molecule has 0 unspecified atom stereocenters. The van der Waals surface area contributed by atoms with Crippen LogP contribution in [0, 0.1) is 0 Å². The lowest BCUT2D eigenvalue weighted by atomic mass is 10.1. The van der Waals surface area contributed by atoms with E-state index in [0.29, 0.717) is 11.4 Å². The van der Waals surface area contributed by atoms with Crippen molar-refractivity contribution in [2.45, 2.75) is 25.4 Å². The molecule has 0 spiro atoms. The van der Waals surface area contributed by atoms with E-state index in [0.717, 1.165) is 47.6 Å². The number of H-pyrrole nitrogens is 1. The summed E-state index contributed by atoms with van der Waals surface area (Å²) in [6, 6.07) is 13.0. The molecule has 1 amide bonds. The van der Waals surface area contributed by atoms with E-state index < -0.39 is 0 Å². The predicted molar refractivity (Wildman–Crippen MR) is 97.8 cm³/mol. The third-order valence-electron chi connectivity index (χ3n) is 4.30. The van der Waals surface area contributed by atoms with E-state index in [1.165, 1.54) is 0 Å². The fourth-order valence-corrected chi connectivity index (χ4v) is 3.17. The van der Waals surface area contributed by atoms with Gasteiger partial charge >= 0.3 is 0 Å². The van der Waals surface area contributed by atoms with Crippen molar-refractivity contribution in [1.29, 1.82) is 0 Å². The number of imidazole rings is 1. The van der Waals surface area contributed by atoms with Crippen LogP contribution in [-0.2, 0) is 16.0 Å². The molecular weight excluding hydrogens is 338 g/mol. The number of benzene rings is 2. The monoisotopic (exact) mass is 355 g/mol. The zero-order chi connectivity index (χ0) is 17.2. The Morgan fingerprint density at radius 3 is 2.88 bits per heavy atom. The number of fused-ring (bicyclic) bond motifs is 1. The lowest BCUT2D eigenvalue weighted by molar-refractivity contribution is -0.115. The number of carbonyl (C=O) groups excluding carboxylic acids is 1. The van der Waals surface area contributed by atoms with E-state index in [-0.39, 0.29) is 12.0 Å². The first-order chi connectivity index (χ1) is 12.2. The van der Waals surface area contributed by atoms with Crippen molar-refractivity contribution in [3.05, 3.63) is 58.9 Å². The van der Waals surface area contributed by atoms with E-state index in [1.807, 2.05) is 30.3 Å². The SMILES string of the molecule is O=C(Cc1ccc(Cl)cc1)Nc1ccc2nc([C@@H]3CCCO3)[nH]c2c1. The van der Waals surface area contributed by atoms with Crippen molar-refractivity contribution < 1.29 is 9.53 Å². The minimum absolute atomic E-state index is 0.0512. The highest BCUT2D eigenvalue weighted by Crippen LogP contribution is 2.28. The van der Waals surface area contributed by atoms with Gasteiger partial charge in [0.05, 0.1) is 17.5 Å². The third kappa shape index (κ3) is 3.67. The molecule has 0 bridgehead atoms. The number of amides is 1. The first-order valence-electron chi connectivity index (χ1n) is 8.33. The van der Waals surface area contributed by atoms with Crippen LogP contribution >= 0.6 is 11.6 Å². The summed E-state index contributed by atoms with van der Waals surface area (Å²) in [7, 11) is 0. The van der Waals surface area contributed by atoms with E-state index in [1.54, 1.807) is 12.1 Å². The Morgan fingerprint density at radius 1 is 1.28 bits per heavy atom. The summed E-state index contributed by atoms with van der Waals surface area (Å²) in [5.41, 5.74) is 3.44. The van der Waals surface area contributed by atoms with Crippen LogP contribution in [-0.4, -0.2) is 22.5 Å². The number of aromatic nitrogens is 2. The summed E-state index contributed by atoms with van der Waals surface area (Å²) in [5.74, 6) is 0.790. The molecule has 1 fully saturated rings. The lowest BCUT2D eigenvalue weighted by Crippen LogP contribution is -2.14. The zero-order valence-corrected chi connectivity index (χ0v) is 14.3. The lowest BCUT2D eigenvalue weighted by Gasteiger charge is -2.05. The molecule has 2 N–H and O–H groups in total. The summed E-state index contributed by atoms with van der Waals surface area (Å²) in [6.45, 7) is 0.785. The van der Waals surface area contributed by atoms with Gasteiger partial charge in [-0.25, -0.2) is 4.98 Å². The Bertz CT molecular complexity index is 899. The van der Waals surface area contributed by atoms with E-state index in [2.05, 4.69) is 15.3 Å². The molecule has 2 heterocycles. The smallest absolute Gasteiger partial charge is 0.228 e. The molecule has 1 atom stereocenters. The highest BCUT2D eigenvalue weighted by atomic mass is 35.5. The van der Waals surface area contributed by atoms with Gasteiger partial charge < -0.3 is 15.0 Å². The number of nitrogens with one attached hydrogen (secondary N) is 2. The molecule has 1 aliphatic heterocycles. The fourth-order valence-electron chi connectivity index (χ4n) is 3.05. The summed E-state index contributed by atoms with van der Waals surface area (Å²) >= 11 is 5.86. The van der Waals surface area contributed by atoms with Crippen LogP contribution in [0.4, 0.5) is 5.69 Å². The highest BCUT2D eigenvalue weighted by Gasteiger charge is 2.21. The topological polar surface area (TPSA) is 67.0 Å². The normalized spacial score (nSPS) is 17.1. The van der Waals surface area contributed by atoms with Crippen LogP contribution in [0.5, 0.6) is 0 Å². The van der Waals surface area contributed by atoms with Crippen LogP contribution in [0.3, 0.4) is 0 Å². The molecule has 1 aliphatic rings. The second kappa shape index (κ2) is 6.86. The van der Waals surface area contributed by atoms with Crippen LogP contribution in [0.15, 0.2) is 42.5 Å². The Morgan fingerprint density at radius 2 is 2.12 bits per heavy atom. The number of hydrogen-bond acceptors (Lipinski definition) is 3. The second-order valence-corrected chi connectivity index (χ2v) is 6.64. The van der Waals surface area contributed by atoms with E-state index >= 15 is 0 Å². The standard InChI is InChI=1S/C19H18ClN3O2/c20-13-5-3-12(4-6-13)10-18(24)21-14-7-8-15-16(11-14)23-19(22-15)17-2-1-9-25-17/h3-8,11,17H,1-2,9-10H2,(H,21,24)(H,22,23)/t17-/m0/s1. The van der Waals surface area contributed by atoms with Gasteiger partial charge in [0.15, 0.2) is 0 Å². The minimum Gasteiger partial charge on any atom is -0.370 e. The first-order valence-corrected chi connectivity index (χ1v) is 8.71. The second-order valence-electron chi connectivity index (χ2n) is 6.21. The van der Waals surface area contributed by atoms with Gasteiger partial charge in [-0.15, -0.1) is 0 Å². The number of hydrogen-bond donors (Lipinski definition) is 2. The molecule has 128 valence electrons. The fraction of sp³-hybridized carbons (Fsp3) is 0.263. The van der Waals surface area contributed by atoms with E-state index in [9.17, 15) is 4.79 Å². The average Bonchev–Trinajstić information content (AvgIpc) is 3.25. The molecule has 1 saturated heterocycles. The number of ether oxygens (including phenoxy) is 1. The van der Waals surface area contributed by atoms with Gasteiger partial charge in [0.1, 0.15) is 11.9 Å². The predicted octanol–water partition coefficient (Wildman–Crippen LogP) is 4.25. The first kappa shape index (κ1) is 16.1. The molecule has 0 radical (unpaired) electrons. The Kier molecular flexibility index (Phi) is 4.42. The van der Waals surface area contributed by atoms with Gasteiger partial charge in [0.25, 0.3) is 0 Å². The summed E-state index contributed by atoms with van der Waals surface area (Å²) in [6.07, 6.45) is 2.41. The Balaban J connectivity index is 1.47. The molecule has 0 saturated carbocycles. The van der Waals surface area contributed by atoms with Gasteiger partial charge in [-0.3, -0.25) is 4.79 Å². The molecule has 2 aromatic carbocycles. The number of halogens is 1. The van der Waals surface area contributed by atoms with Gasteiger partial charge in [0, 0.05) is 17.3 Å². The quantitative estimate of drug-likeness (QED) is 0.735. The maximum atomic E-state index is 12.2. The molecule has 1 aromatic heterocycles. The number of rotatable bonds is 4. The molecule has 25 heavy (non-hydrogen) atoms. The van der Waals surface area contributed by atoms with Gasteiger partial charge in [0.2, 0.25) is 5.91 Å². The van der Waals surface area contributed by atoms with E-state index in [4.69, 9.17) is 16.3 Å². The summed E-state index contributed by atoms with van der Waals surface area (Å²) in [5, 5.41) is 3.59. The number of anilines is 1. The number of nitrogens with zero attached hydrogens (tertiary/aromatic N) is 1.